The van der Waals surface area contributed by atoms with Crippen LogP contribution in [-0.2, 0) is 9.53 Å². The number of Topliss-reactive ketones (excluding diaryl/α,β-unsaturated/α-hetero) is 1. The highest BCUT2D eigenvalue weighted by Crippen LogP contribution is 2.40. The Morgan fingerprint density at radius 3 is 2.33 bits per heavy atom. The van der Waals surface area contributed by atoms with Crippen LogP contribution in [0.5, 0.6) is 0 Å². The van der Waals surface area contributed by atoms with E-state index >= 15 is 0 Å². The molecule has 15 heavy (non-hydrogen) atoms. The molecule has 84 valence electrons. The van der Waals surface area contributed by atoms with Gasteiger partial charge in [-0.05, 0) is 18.8 Å². The Hall–Kier alpha value is -0.890. The molecular weight excluding hydrogens is 188 g/mol. The van der Waals surface area contributed by atoms with Gasteiger partial charge in [-0.15, -0.1) is 0 Å². The molecule has 1 atom stereocenters. The van der Waals surface area contributed by atoms with Crippen LogP contribution in [0.2, 0.25) is 0 Å². The Balaban J connectivity index is 2.96. The molecule has 0 saturated carbocycles. The van der Waals surface area contributed by atoms with Gasteiger partial charge in [0.2, 0.25) is 0 Å². The molecule has 0 saturated heterocycles. The van der Waals surface area contributed by atoms with E-state index in [0.717, 1.165) is 12.0 Å². The third-order valence-corrected chi connectivity index (χ3v) is 3.20. The smallest absolute Gasteiger partial charge is 0.159 e. The van der Waals surface area contributed by atoms with Crippen LogP contribution in [0.4, 0.5) is 0 Å². The maximum atomic E-state index is 11.2. The summed E-state index contributed by atoms with van der Waals surface area (Å²) in [5, 5.41) is 0. The van der Waals surface area contributed by atoms with E-state index < -0.39 is 0 Å². The van der Waals surface area contributed by atoms with Gasteiger partial charge in [0.25, 0.3) is 0 Å². The van der Waals surface area contributed by atoms with E-state index in [1.807, 2.05) is 18.2 Å². The zero-order valence-corrected chi connectivity index (χ0v) is 10.3. The van der Waals surface area contributed by atoms with Gasteiger partial charge >= 0.3 is 0 Å². The summed E-state index contributed by atoms with van der Waals surface area (Å²) in [6.07, 6.45) is 6.62. The molecule has 1 unspecified atom stereocenters. The second-order valence-corrected chi connectivity index (χ2v) is 5.10. The second kappa shape index (κ2) is 3.93. The maximum absolute atomic E-state index is 11.2. The molecular formula is C13H20O2. The van der Waals surface area contributed by atoms with Crippen molar-refractivity contribution in [3.05, 3.63) is 23.8 Å². The lowest BCUT2D eigenvalue weighted by atomic mass is 9.72. The third kappa shape index (κ3) is 2.20. The van der Waals surface area contributed by atoms with E-state index in [1.165, 1.54) is 0 Å². The van der Waals surface area contributed by atoms with Crippen LogP contribution in [0.1, 0.15) is 34.1 Å². The fourth-order valence-corrected chi connectivity index (χ4v) is 1.90. The molecule has 0 heterocycles. The Morgan fingerprint density at radius 1 is 1.47 bits per heavy atom. The molecule has 0 bridgehead atoms. The lowest BCUT2D eigenvalue weighted by molar-refractivity contribution is -0.113. The predicted octanol–water partition coefficient (Wildman–Crippen LogP) is 2.89. The number of carbonyl (C=O) groups is 1. The number of rotatable bonds is 2. The van der Waals surface area contributed by atoms with Crippen LogP contribution in [0.3, 0.4) is 0 Å². The molecule has 0 aliphatic heterocycles. The van der Waals surface area contributed by atoms with Gasteiger partial charge < -0.3 is 4.74 Å². The quantitative estimate of drug-likeness (QED) is 0.697. The molecule has 2 heteroatoms. The van der Waals surface area contributed by atoms with Gasteiger partial charge in [-0.2, -0.15) is 0 Å². The van der Waals surface area contributed by atoms with Crippen molar-refractivity contribution >= 4 is 5.78 Å². The molecule has 0 spiro atoms. The normalized spacial score (nSPS) is 26.3. The first-order chi connectivity index (χ1) is 6.82. The molecule has 0 amide bonds. The zero-order chi connectivity index (χ0) is 11.7. The SMILES string of the molecule is COC1(C(C)(C)C)C=CC(C(C)=O)=CC1. The Labute approximate surface area is 92.0 Å². The number of ether oxygens (including phenoxy) is 1. The summed E-state index contributed by atoms with van der Waals surface area (Å²) in [6.45, 7) is 8.03. The third-order valence-electron chi connectivity index (χ3n) is 3.20. The van der Waals surface area contributed by atoms with Crippen molar-refractivity contribution in [3.63, 3.8) is 0 Å². The van der Waals surface area contributed by atoms with Crippen molar-refractivity contribution < 1.29 is 9.53 Å². The first-order valence-electron chi connectivity index (χ1n) is 5.28. The van der Waals surface area contributed by atoms with Crippen LogP contribution >= 0.6 is 0 Å². The first kappa shape index (κ1) is 12.2. The van der Waals surface area contributed by atoms with Gasteiger partial charge in [-0.25, -0.2) is 0 Å². The Kier molecular flexibility index (Phi) is 3.19. The molecule has 0 radical (unpaired) electrons. The van der Waals surface area contributed by atoms with Gasteiger partial charge in [-0.1, -0.05) is 39.0 Å². The van der Waals surface area contributed by atoms with Gasteiger partial charge in [0.05, 0.1) is 5.60 Å². The molecule has 0 aromatic rings. The maximum Gasteiger partial charge on any atom is 0.159 e. The summed E-state index contributed by atoms with van der Waals surface area (Å²) in [7, 11) is 1.72. The minimum Gasteiger partial charge on any atom is -0.373 e. The van der Waals surface area contributed by atoms with Crippen molar-refractivity contribution in [1.82, 2.24) is 0 Å². The number of carbonyl (C=O) groups excluding carboxylic acids is 1. The van der Waals surface area contributed by atoms with Crippen molar-refractivity contribution in [2.24, 2.45) is 5.41 Å². The Morgan fingerprint density at radius 2 is 2.07 bits per heavy atom. The summed E-state index contributed by atoms with van der Waals surface area (Å²) >= 11 is 0. The average molecular weight is 208 g/mol. The van der Waals surface area contributed by atoms with E-state index in [2.05, 4.69) is 20.8 Å². The molecule has 1 aliphatic rings. The minimum atomic E-state index is -0.286. The standard InChI is InChI=1S/C13H20O2/c1-10(14)11-6-8-13(15-5,9-7-11)12(2,3)4/h6-8H,9H2,1-5H3. The number of hydrogen-bond acceptors (Lipinski definition) is 2. The highest BCUT2D eigenvalue weighted by molar-refractivity contribution is 5.96. The average Bonchev–Trinajstić information content (AvgIpc) is 2.16. The summed E-state index contributed by atoms with van der Waals surface area (Å²) < 4.78 is 5.63. The minimum absolute atomic E-state index is 0.0249. The van der Waals surface area contributed by atoms with Crippen molar-refractivity contribution in [1.29, 1.82) is 0 Å². The molecule has 1 aliphatic carbocycles. The second-order valence-electron chi connectivity index (χ2n) is 5.10. The number of methoxy groups -OCH3 is 1. The first-order valence-corrected chi connectivity index (χ1v) is 5.28. The number of ketones is 1. The van der Waals surface area contributed by atoms with E-state index in [1.54, 1.807) is 14.0 Å². The molecule has 0 aromatic carbocycles. The van der Waals surface area contributed by atoms with Crippen LogP contribution < -0.4 is 0 Å². The van der Waals surface area contributed by atoms with E-state index in [-0.39, 0.29) is 16.8 Å². The lowest BCUT2D eigenvalue weighted by Gasteiger charge is -2.42. The summed E-state index contributed by atoms with van der Waals surface area (Å²) in [5.74, 6) is 0.116. The van der Waals surface area contributed by atoms with Crippen LogP contribution in [0.15, 0.2) is 23.8 Å². The Bertz CT molecular complexity index is 318. The molecule has 0 aromatic heterocycles. The van der Waals surface area contributed by atoms with Crippen LogP contribution in [-0.4, -0.2) is 18.5 Å². The fraction of sp³-hybridized carbons (Fsp3) is 0.615. The highest BCUT2D eigenvalue weighted by Gasteiger charge is 2.40. The fourth-order valence-electron chi connectivity index (χ4n) is 1.90. The van der Waals surface area contributed by atoms with Gasteiger partial charge in [0.15, 0.2) is 5.78 Å². The summed E-state index contributed by atoms with van der Waals surface area (Å²) in [4.78, 5) is 11.2. The van der Waals surface area contributed by atoms with Gasteiger partial charge in [0.1, 0.15) is 0 Å². The summed E-state index contributed by atoms with van der Waals surface area (Å²) in [5.41, 5.74) is 0.523. The topological polar surface area (TPSA) is 26.3 Å². The van der Waals surface area contributed by atoms with E-state index in [9.17, 15) is 4.79 Å². The van der Waals surface area contributed by atoms with Gasteiger partial charge in [-0.3, -0.25) is 4.79 Å². The predicted molar refractivity (Wildman–Crippen MR) is 61.7 cm³/mol. The lowest BCUT2D eigenvalue weighted by Crippen LogP contribution is -2.43. The monoisotopic (exact) mass is 208 g/mol. The van der Waals surface area contributed by atoms with Crippen molar-refractivity contribution in [2.45, 2.75) is 39.7 Å². The largest absolute Gasteiger partial charge is 0.373 e. The summed E-state index contributed by atoms with van der Waals surface area (Å²) in [6, 6.07) is 0. The van der Waals surface area contributed by atoms with E-state index in [4.69, 9.17) is 4.74 Å². The number of allylic oxidation sites excluding steroid dienone is 2. The molecule has 1 rings (SSSR count). The van der Waals surface area contributed by atoms with Crippen LogP contribution in [0.25, 0.3) is 0 Å². The zero-order valence-electron chi connectivity index (χ0n) is 10.3. The molecule has 0 N–H and O–H groups in total. The van der Waals surface area contributed by atoms with Crippen molar-refractivity contribution in [2.75, 3.05) is 7.11 Å². The van der Waals surface area contributed by atoms with Crippen LogP contribution in [0, 0.1) is 5.41 Å². The number of hydrogen-bond donors (Lipinski definition) is 0. The highest BCUT2D eigenvalue weighted by atomic mass is 16.5. The van der Waals surface area contributed by atoms with E-state index in [0.29, 0.717) is 0 Å². The molecule has 2 nitrogen and oxygen atoms in total. The van der Waals surface area contributed by atoms with Gasteiger partial charge in [0, 0.05) is 12.7 Å². The molecule has 0 fully saturated rings. The van der Waals surface area contributed by atoms with Crippen molar-refractivity contribution in [3.8, 4) is 0 Å².